The first-order valence-corrected chi connectivity index (χ1v) is 7.63. The van der Waals surface area contributed by atoms with Crippen molar-refractivity contribution in [2.75, 3.05) is 19.6 Å². The number of hydrogen-bond donors (Lipinski definition) is 2. The lowest BCUT2D eigenvalue weighted by atomic mass is 9.80. The van der Waals surface area contributed by atoms with Gasteiger partial charge in [-0.1, -0.05) is 36.4 Å². The molecule has 0 spiro atoms. The van der Waals surface area contributed by atoms with Crippen molar-refractivity contribution in [3.05, 3.63) is 65.2 Å². The van der Waals surface area contributed by atoms with Gasteiger partial charge in [-0.05, 0) is 28.8 Å². The summed E-state index contributed by atoms with van der Waals surface area (Å²) >= 11 is 0. The minimum Gasteiger partial charge on any atom is -0.508 e. The van der Waals surface area contributed by atoms with E-state index in [4.69, 9.17) is 0 Å². The molecule has 2 atom stereocenters. The Hall–Kier alpha value is -1.75. The van der Waals surface area contributed by atoms with E-state index in [0.29, 0.717) is 6.54 Å². The van der Waals surface area contributed by atoms with E-state index in [9.17, 15) is 9.90 Å². The van der Waals surface area contributed by atoms with Gasteiger partial charge in [0.15, 0.2) is 0 Å². The van der Waals surface area contributed by atoms with Crippen molar-refractivity contribution in [2.45, 2.75) is 12.0 Å². The summed E-state index contributed by atoms with van der Waals surface area (Å²) in [6.07, 6.45) is 0. The fourth-order valence-electron chi connectivity index (χ4n) is 3.67. The van der Waals surface area contributed by atoms with Gasteiger partial charge in [-0.15, -0.1) is 24.8 Å². The summed E-state index contributed by atoms with van der Waals surface area (Å²) in [5, 5.41) is 12.8. The third-order valence-electron chi connectivity index (χ3n) is 4.67. The number of amides is 1. The van der Waals surface area contributed by atoms with Crippen molar-refractivity contribution < 1.29 is 9.90 Å². The number of phenols is 1. The van der Waals surface area contributed by atoms with Gasteiger partial charge >= 0.3 is 0 Å². The number of nitrogens with one attached hydrogen (secondary N) is 1. The number of fused-ring (bicyclic) bond motifs is 3. The van der Waals surface area contributed by atoms with Crippen LogP contribution in [-0.4, -0.2) is 35.5 Å². The highest BCUT2D eigenvalue weighted by molar-refractivity contribution is 5.86. The molecule has 1 fully saturated rings. The Kier molecular flexibility index (Phi) is 5.75. The van der Waals surface area contributed by atoms with Gasteiger partial charge in [-0.3, -0.25) is 9.69 Å². The molecular formula is C18H20Cl2N2O2. The Morgan fingerprint density at radius 1 is 1.04 bits per heavy atom. The molecule has 4 rings (SSSR count). The number of halogens is 2. The lowest BCUT2D eigenvalue weighted by molar-refractivity contribution is -0.129. The number of rotatable bonds is 1. The normalized spacial score (nSPS) is 22.2. The summed E-state index contributed by atoms with van der Waals surface area (Å²) in [6.45, 7) is 2.36. The molecule has 2 heterocycles. The Morgan fingerprint density at radius 3 is 2.54 bits per heavy atom. The van der Waals surface area contributed by atoms with Crippen molar-refractivity contribution in [2.24, 2.45) is 0 Å². The summed E-state index contributed by atoms with van der Waals surface area (Å²) in [5.74, 6) is 0.481. The molecule has 2 aromatic rings. The Balaban J connectivity index is 0.00000104. The third-order valence-corrected chi connectivity index (χ3v) is 4.67. The number of piperazine rings is 1. The number of nitrogens with zero attached hydrogens (tertiary/aromatic N) is 1. The van der Waals surface area contributed by atoms with Gasteiger partial charge < -0.3 is 10.4 Å². The standard InChI is InChI=1S/C18H18N2O2.2ClH/c21-13-6-7-14-15(10-13)17-18(22)19-8-9-20(17)11-16(14)12-4-2-1-3-5-12;;/h1-7,10,16-17,21H,8-9,11H2,(H,19,22);2*1H/t16-,17-;;/m0../s1. The summed E-state index contributed by atoms with van der Waals surface area (Å²) in [4.78, 5) is 14.5. The van der Waals surface area contributed by atoms with E-state index in [-0.39, 0.29) is 48.4 Å². The summed E-state index contributed by atoms with van der Waals surface area (Å²) in [7, 11) is 0. The monoisotopic (exact) mass is 366 g/mol. The maximum Gasteiger partial charge on any atom is 0.242 e. The largest absolute Gasteiger partial charge is 0.508 e. The van der Waals surface area contributed by atoms with Crippen LogP contribution >= 0.6 is 24.8 Å². The van der Waals surface area contributed by atoms with Gasteiger partial charge in [0.25, 0.3) is 0 Å². The molecule has 1 amide bonds. The molecule has 24 heavy (non-hydrogen) atoms. The Bertz CT molecular complexity index is 724. The van der Waals surface area contributed by atoms with E-state index >= 15 is 0 Å². The highest BCUT2D eigenvalue weighted by Crippen LogP contribution is 2.41. The quantitative estimate of drug-likeness (QED) is 0.815. The van der Waals surface area contributed by atoms with E-state index in [1.165, 1.54) is 5.56 Å². The number of aromatic hydroxyl groups is 1. The Morgan fingerprint density at radius 2 is 1.79 bits per heavy atom. The lowest BCUT2D eigenvalue weighted by Crippen LogP contribution is -2.53. The predicted octanol–water partition coefficient (Wildman–Crippen LogP) is 2.85. The van der Waals surface area contributed by atoms with Crippen molar-refractivity contribution in [1.29, 1.82) is 0 Å². The van der Waals surface area contributed by atoms with Crippen LogP contribution < -0.4 is 5.32 Å². The number of carbonyl (C=O) groups is 1. The van der Waals surface area contributed by atoms with Gasteiger partial charge in [0.05, 0.1) is 0 Å². The van der Waals surface area contributed by atoms with Gasteiger partial charge in [0, 0.05) is 25.6 Å². The Labute approximate surface area is 153 Å². The average molecular weight is 367 g/mol. The first-order valence-electron chi connectivity index (χ1n) is 7.63. The minimum absolute atomic E-state index is 0. The van der Waals surface area contributed by atoms with Crippen molar-refractivity contribution >= 4 is 30.7 Å². The summed E-state index contributed by atoms with van der Waals surface area (Å²) < 4.78 is 0. The van der Waals surface area contributed by atoms with Crippen LogP contribution in [0.3, 0.4) is 0 Å². The van der Waals surface area contributed by atoms with Gasteiger partial charge in [-0.2, -0.15) is 0 Å². The third kappa shape index (κ3) is 3.09. The van der Waals surface area contributed by atoms with Crippen LogP contribution in [0.4, 0.5) is 0 Å². The van der Waals surface area contributed by atoms with Crippen LogP contribution in [0.15, 0.2) is 48.5 Å². The molecule has 0 aromatic heterocycles. The first-order chi connectivity index (χ1) is 10.7. The topological polar surface area (TPSA) is 52.6 Å². The first kappa shape index (κ1) is 18.6. The van der Waals surface area contributed by atoms with Crippen LogP contribution in [0.1, 0.15) is 28.7 Å². The maximum absolute atomic E-state index is 12.3. The zero-order valence-electron chi connectivity index (χ0n) is 13.0. The summed E-state index contributed by atoms with van der Waals surface area (Å²) in [6, 6.07) is 15.5. The summed E-state index contributed by atoms with van der Waals surface area (Å²) in [5.41, 5.74) is 3.32. The molecular weight excluding hydrogens is 347 g/mol. The van der Waals surface area contributed by atoms with Crippen molar-refractivity contribution in [1.82, 2.24) is 10.2 Å². The zero-order valence-corrected chi connectivity index (χ0v) is 14.6. The van der Waals surface area contributed by atoms with Crippen LogP contribution in [0.2, 0.25) is 0 Å². The predicted molar refractivity (Wildman–Crippen MR) is 98.2 cm³/mol. The van der Waals surface area contributed by atoms with Gasteiger partial charge in [-0.25, -0.2) is 0 Å². The van der Waals surface area contributed by atoms with Crippen LogP contribution in [0, 0.1) is 0 Å². The molecule has 4 nitrogen and oxygen atoms in total. The average Bonchev–Trinajstić information content (AvgIpc) is 2.54. The van der Waals surface area contributed by atoms with Crippen molar-refractivity contribution in [3.63, 3.8) is 0 Å². The molecule has 2 aliphatic rings. The highest BCUT2D eigenvalue weighted by Gasteiger charge is 2.39. The van der Waals surface area contributed by atoms with Crippen LogP contribution in [0.25, 0.3) is 0 Å². The fraction of sp³-hybridized carbons (Fsp3) is 0.278. The maximum atomic E-state index is 12.3. The fourth-order valence-corrected chi connectivity index (χ4v) is 3.67. The van der Waals surface area contributed by atoms with Gasteiger partial charge in [0.2, 0.25) is 5.91 Å². The zero-order chi connectivity index (χ0) is 15.1. The molecule has 2 aromatic carbocycles. The molecule has 128 valence electrons. The molecule has 0 saturated carbocycles. The van der Waals surface area contributed by atoms with Crippen LogP contribution in [-0.2, 0) is 4.79 Å². The number of phenolic OH excluding ortho intramolecular Hbond substituents is 1. The second-order valence-electron chi connectivity index (χ2n) is 5.96. The van der Waals surface area contributed by atoms with E-state index in [1.807, 2.05) is 24.3 Å². The lowest BCUT2D eigenvalue weighted by Gasteiger charge is -2.43. The minimum atomic E-state index is -0.282. The molecule has 6 heteroatoms. The van der Waals surface area contributed by atoms with E-state index in [0.717, 1.165) is 24.2 Å². The molecule has 2 aliphatic heterocycles. The molecule has 0 radical (unpaired) electrons. The second-order valence-corrected chi connectivity index (χ2v) is 5.96. The SMILES string of the molecule is Cl.Cl.O=C1NCCN2C[C@@H](c3ccccc3)c3ccc(O)cc3[C@@H]12. The van der Waals surface area contributed by atoms with Gasteiger partial charge in [0.1, 0.15) is 11.8 Å². The molecule has 0 unspecified atom stereocenters. The van der Waals surface area contributed by atoms with Crippen LogP contribution in [0.5, 0.6) is 5.75 Å². The molecule has 1 saturated heterocycles. The van der Waals surface area contributed by atoms with Crippen molar-refractivity contribution in [3.8, 4) is 5.75 Å². The molecule has 0 aliphatic carbocycles. The smallest absolute Gasteiger partial charge is 0.242 e. The number of carbonyl (C=O) groups excluding carboxylic acids is 1. The van der Waals surface area contributed by atoms with E-state index in [1.54, 1.807) is 12.1 Å². The number of hydrogen-bond acceptors (Lipinski definition) is 3. The molecule has 0 bridgehead atoms. The second kappa shape index (κ2) is 7.43. The number of benzene rings is 2. The highest BCUT2D eigenvalue weighted by atomic mass is 35.5. The van der Waals surface area contributed by atoms with E-state index in [2.05, 4.69) is 22.3 Å². The van der Waals surface area contributed by atoms with E-state index < -0.39 is 0 Å². The molecule has 2 N–H and O–H groups in total.